The average molecular weight is 347 g/mol. The number of carbonyl (C=O) groups is 2. The number of hydrogen-bond donors (Lipinski definition) is 2. The summed E-state index contributed by atoms with van der Waals surface area (Å²) < 4.78 is 0. The van der Waals surface area contributed by atoms with Gasteiger partial charge in [0, 0.05) is 30.8 Å². The molecule has 0 aliphatic carbocycles. The SMILES string of the molecule is Cc1ccc(CC(=O)N2CCC(NC(=O)C3CSCN3)CC2)cc1. The van der Waals surface area contributed by atoms with Crippen LogP contribution in [0.25, 0.3) is 0 Å². The van der Waals surface area contributed by atoms with Crippen LogP contribution < -0.4 is 10.6 Å². The van der Waals surface area contributed by atoms with Crippen molar-refractivity contribution in [3.8, 4) is 0 Å². The molecule has 1 aromatic carbocycles. The van der Waals surface area contributed by atoms with E-state index in [0.29, 0.717) is 6.42 Å². The molecule has 1 aromatic rings. The third-order valence-electron chi connectivity index (χ3n) is 4.70. The van der Waals surface area contributed by atoms with Gasteiger partial charge in [0.1, 0.15) is 0 Å². The minimum atomic E-state index is -0.0591. The van der Waals surface area contributed by atoms with Crippen LogP contribution >= 0.6 is 11.8 Å². The lowest BCUT2D eigenvalue weighted by atomic mass is 10.0. The van der Waals surface area contributed by atoms with Gasteiger partial charge in [0.25, 0.3) is 0 Å². The van der Waals surface area contributed by atoms with E-state index in [1.165, 1.54) is 5.56 Å². The number of aryl methyl sites for hydroxylation is 1. The van der Waals surface area contributed by atoms with E-state index in [9.17, 15) is 9.59 Å². The zero-order valence-electron chi connectivity index (χ0n) is 14.1. The van der Waals surface area contributed by atoms with Crippen LogP contribution in [0.4, 0.5) is 0 Å². The topological polar surface area (TPSA) is 61.4 Å². The molecule has 2 aliphatic rings. The molecule has 2 aliphatic heterocycles. The maximum atomic E-state index is 12.4. The zero-order chi connectivity index (χ0) is 16.9. The summed E-state index contributed by atoms with van der Waals surface area (Å²) in [5.41, 5.74) is 2.27. The van der Waals surface area contributed by atoms with Crippen LogP contribution in [0.5, 0.6) is 0 Å². The average Bonchev–Trinajstić information content (AvgIpc) is 3.12. The van der Waals surface area contributed by atoms with Crippen molar-refractivity contribution >= 4 is 23.6 Å². The number of benzene rings is 1. The summed E-state index contributed by atoms with van der Waals surface area (Å²) in [6.45, 7) is 3.50. The summed E-state index contributed by atoms with van der Waals surface area (Å²) in [6, 6.07) is 8.25. The molecule has 0 aromatic heterocycles. The quantitative estimate of drug-likeness (QED) is 0.862. The Balaban J connectivity index is 1.43. The van der Waals surface area contributed by atoms with E-state index in [4.69, 9.17) is 0 Å². The van der Waals surface area contributed by atoms with Crippen molar-refractivity contribution in [1.82, 2.24) is 15.5 Å². The van der Waals surface area contributed by atoms with Crippen molar-refractivity contribution in [2.24, 2.45) is 0 Å². The van der Waals surface area contributed by atoms with Gasteiger partial charge in [-0.05, 0) is 25.3 Å². The van der Waals surface area contributed by atoms with Gasteiger partial charge in [-0.15, -0.1) is 11.8 Å². The highest BCUT2D eigenvalue weighted by atomic mass is 32.2. The molecule has 3 rings (SSSR count). The minimum absolute atomic E-state index is 0.0591. The monoisotopic (exact) mass is 347 g/mol. The number of amides is 2. The van der Waals surface area contributed by atoms with Gasteiger partial charge in [0.15, 0.2) is 0 Å². The number of thioether (sulfide) groups is 1. The largest absolute Gasteiger partial charge is 0.352 e. The highest BCUT2D eigenvalue weighted by Gasteiger charge is 2.27. The molecule has 0 bridgehead atoms. The smallest absolute Gasteiger partial charge is 0.238 e. The number of likely N-dealkylation sites (tertiary alicyclic amines) is 1. The van der Waals surface area contributed by atoms with Crippen LogP contribution in [0.1, 0.15) is 24.0 Å². The Hall–Kier alpha value is -1.53. The lowest BCUT2D eigenvalue weighted by Gasteiger charge is -2.33. The highest BCUT2D eigenvalue weighted by molar-refractivity contribution is 7.99. The number of nitrogens with one attached hydrogen (secondary N) is 2. The van der Waals surface area contributed by atoms with Crippen LogP contribution in [-0.4, -0.2) is 53.5 Å². The summed E-state index contributed by atoms with van der Waals surface area (Å²) in [7, 11) is 0. The van der Waals surface area contributed by atoms with Crippen molar-refractivity contribution < 1.29 is 9.59 Å². The predicted octanol–water partition coefficient (Wildman–Crippen LogP) is 1.31. The maximum Gasteiger partial charge on any atom is 0.238 e. The molecular weight excluding hydrogens is 322 g/mol. The lowest BCUT2D eigenvalue weighted by molar-refractivity contribution is -0.131. The van der Waals surface area contributed by atoms with Gasteiger partial charge in [0.05, 0.1) is 12.5 Å². The van der Waals surface area contributed by atoms with E-state index in [-0.39, 0.29) is 23.9 Å². The Morgan fingerprint density at radius 2 is 1.96 bits per heavy atom. The van der Waals surface area contributed by atoms with E-state index in [2.05, 4.69) is 10.6 Å². The number of piperidine rings is 1. The number of hydrogen-bond acceptors (Lipinski definition) is 4. The Bertz CT molecular complexity index is 576. The molecule has 6 heteroatoms. The van der Waals surface area contributed by atoms with Crippen LogP contribution in [0, 0.1) is 6.92 Å². The second-order valence-electron chi connectivity index (χ2n) is 6.60. The second-order valence-corrected chi connectivity index (χ2v) is 7.63. The first-order valence-electron chi connectivity index (χ1n) is 8.56. The molecule has 5 nitrogen and oxygen atoms in total. The Labute approximate surface area is 147 Å². The molecule has 2 N–H and O–H groups in total. The van der Waals surface area contributed by atoms with Crippen molar-refractivity contribution in [1.29, 1.82) is 0 Å². The first-order valence-corrected chi connectivity index (χ1v) is 9.72. The summed E-state index contributed by atoms with van der Waals surface area (Å²) in [5.74, 6) is 1.98. The molecule has 0 saturated carbocycles. The lowest BCUT2D eigenvalue weighted by Crippen LogP contribution is -2.51. The van der Waals surface area contributed by atoms with Crippen molar-refractivity contribution in [2.45, 2.75) is 38.3 Å². The zero-order valence-corrected chi connectivity index (χ0v) is 14.9. The van der Waals surface area contributed by atoms with E-state index in [1.807, 2.05) is 36.1 Å². The van der Waals surface area contributed by atoms with Crippen LogP contribution in [0.3, 0.4) is 0 Å². The van der Waals surface area contributed by atoms with Crippen molar-refractivity contribution in [3.63, 3.8) is 0 Å². The molecule has 0 spiro atoms. The molecule has 2 saturated heterocycles. The van der Waals surface area contributed by atoms with Crippen LogP contribution in [0.2, 0.25) is 0 Å². The van der Waals surface area contributed by atoms with Gasteiger partial charge in [0.2, 0.25) is 11.8 Å². The van der Waals surface area contributed by atoms with Gasteiger partial charge < -0.3 is 10.2 Å². The predicted molar refractivity (Wildman–Crippen MR) is 96.9 cm³/mol. The van der Waals surface area contributed by atoms with E-state index in [0.717, 1.165) is 43.1 Å². The molecule has 2 heterocycles. The summed E-state index contributed by atoms with van der Waals surface area (Å²) in [5, 5.41) is 6.31. The van der Waals surface area contributed by atoms with Gasteiger partial charge in [-0.1, -0.05) is 29.8 Å². The minimum Gasteiger partial charge on any atom is -0.352 e. The second kappa shape index (κ2) is 8.03. The molecule has 1 unspecified atom stereocenters. The molecule has 1 atom stereocenters. The number of carbonyl (C=O) groups excluding carboxylic acids is 2. The van der Waals surface area contributed by atoms with Crippen molar-refractivity contribution in [2.75, 3.05) is 24.7 Å². The molecule has 130 valence electrons. The maximum absolute atomic E-state index is 12.4. The molecule has 0 radical (unpaired) electrons. The number of rotatable bonds is 4. The van der Waals surface area contributed by atoms with Crippen molar-refractivity contribution in [3.05, 3.63) is 35.4 Å². The number of nitrogens with zero attached hydrogens (tertiary/aromatic N) is 1. The van der Waals surface area contributed by atoms with Gasteiger partial charge in [-0.3, -0.25) is 14.9 Å². The standard InChI is InChI=1S/C18H25N3O2S/c1-13-2-4-14(5-3-13)10-17(22)21-8-6-15(7-9-21)20-18(23)16-11-24-12-19-16/h2-5,15-16,19H,6-12H2,1H3,(H,20,23). The normalized spacial score (nSPS) is 21.7. The molecular formula is C18H25N3O2S. The fourth-order valence-electron chi connectivity index (χ4n) is 3.13. The van der Waals surface area contributed by atoms with Crippen LogP contribution in [0.15, 0.2) is 24.3 Å². The van der Waals surface area contributed by atoms with E-state index in [1.54, 1.807) is 11.8 Å². The molecule has 24 heavy (non-hydrogen) atoms. The molecule has 2 amide bonds. The van der Waals surface area contributed by atoms with Gasteiger partial charge >= 0.3 is 0 Å². The first kappa shape index (κ1) is 17.3. The summed E-state index contributed by atoms with van der Waals surface area (Å²) in [6.07, 6.45) is 2.14. The third-order valence-corrected chi connectivity index (χ3v) is 5.64. The third kappa shape index (κ3) is 4.51. The fourth-order valence-corrected chi connectivity index (χ4v) is 4.07. The fraction of sp³-hybridized carbons (Fsp3) is 0.556. The summed E-state index contributed by atoms with van der Waals surface area (Å²) in [4.78, 5) is 26.5. The highest BCUT2D eigenvalue weighted by Crippen LogP contribution is 2.15. The van der Waals surface area contributed by atoms with Gasteiger partial charge in [-0.2, -0.15) is 0 Å². The summed E-state index contributed by atoms with van der Waals surface area (Å²) >= 11 is 1.75. The first-order chi connectivity index (χ1) is 11.6. The van der Waals surface area contributed by atoms with Gasteiger partial charge in [-0.25, -0.2) is 0 Å². The molecule has 2 fully saturated rings. The Morgan fingerprint density at radius 3 is 2.58 bits per heavy atom. The Kier molecular flexibility index (Phi) is 5.79. The van der Waals surface area contributed by atoms with E-state index >= 15 is 0 Å². The Morgan fingerprint density at radius 1 is 1.25 bits per heavy atom. The van der Waals surface area contributed by atoms with E-state index < -0.39 is 0 Å². The van der Waals surface area contributed by atoms with Crippen LogP contribution in [-0.2, 0) is 16.0 Å².